The van der Waals surface area contributed by atoms with Crippen LogP contribution in [0.2, 0.25) is 5.02 Å². The molecule has 0 saturated carbocycles. The number of halogens is 1. The first-order valence-electron chi connectivity index (χ1n) is 5.90. The van der Waals surface area contributed by atoms with Crippen LogP contribution >= 0.6 is 11.6 Å². The van der Waals surface area contributed by atoms with Gasteiger partial charge < -0.3 is 4.90 Å². The average Bonchev–Trinajstić information content (AvgIpc) is 2.26. The van der Waals surface area contributed by atoms with Crippen LogP contribution in [0.15, 0.2) is 24.3 Å². The average molecular weight is 240 g/mol. The van der Waals surface area contributed by atoms with Gasteiger partial charge in [0.2, 0.25) is 0 Å². The van der Waals surface area contributed by atoms with Crippen LogP contribution in [0, 0.1) is 0 Å². The lowest BCUT2D eigenvalue weighted by Crippen LogP contribution is -2.27. The minimum absolute atomic E-state index is 0.216. The fraction of sp³-hybridized carbons (Fsp3) is 0.571. The predicted octanol–water partition coefficient (Wildman–Crippen LogP) is 3.96. The summed E-state index contributed by atoms with van der Waals surface area (Å²) in [6, 6.07) is 8.22. The van der Waals surface area contributed by atoms with Crippen molar-refractivity contribution >= 4 is 11.6 Å². The van der Waals surface area contributed by atoms with Gasteiger partial charge in [-0.05, 0) is 49.7 Å². The second-order valence-corrected chi connectivity index (χ2v) is 5.47. The summed E-state index contributed by atoms with van der Waals surface area (Å²) < 4.78 is 0. The molecular weight excluding hydrogens is 218 g/mol. The molecule has 0 saturated heterocycles. The van der Waals surface area contributed by atoms with Gasteiger partial charge in [0.15, 0.2) is 0 Å². The summed E-state index contributed by atoms with van der Waals surface area (Å²) in [6.45, 7) is 9.01. The molecule has 0 aliphatic heterocycles. The molecule has 0 aliphatic rings. The molecule has 0 fully saturated rings. The summed E-state index contributed by atoms with van der Waals surface area (Å²) >= 11 is 5.90. The lowest BCUT2D eigenvalue weighted by molar-refractivity contribution is 0.307. The smallest absolute Gasteiger partial charge is 0.0406 e. The van der Waals surface area contributed by atoms with Gasteiger partial charge >= 0.3 is 0 Å². The van der Waals surface area contributed by atoms with Crippen molar-refractivity contribution in [2.45, 2.75) is 32.6 Å². The summed E-state index contributed by atoms with van der Waals surface area (Å²) in [4.78, 5) is 2.34. The lowest BCUT2D eigenvalue weighted by Gasteiger charge is -2.27. The summed E-state index contributed by atoms with van der Waals surface area (Å²) in [6.07, 6.45) is 1.17. The lowest BCUT2D eigenvalue weighted by atomic mass is 9.81. The number of rotatable bonds is 5. The fourth-order valence-corrected chi connectivity index (χ4v) is 1.80. The van der Waals surface area contributed by atoms with Gasteiger partial charge in [-0.3, -0.25) is 0 Å². The molecule has 2 heteroatoms. The van der Waals surface area contributed by atoms with E-state index in [9.17, 15) is 0 Å². The van der Waals surface area contributed by atoms with Gasteiger partial charge in [0.05, 0.1) is 0 Å². The Morgan fingerprint density at radius 3 is 2.25 bits per heavy atom. The monoisotopic (exact) mass is 239 g/mol. The summed E-state index contributed by atoms with van der Waals surface area (Å²) in [5, 5.41) is 0.810. The molecule has 0 aliphatic carbocycles. The van der Waals surface area contributed by atoms with Crippen molar-refractivity contribution in [3.63, 3.8) is 0 Å². The second kappa shape index (κ2) is 5.70. The Hall–Kier alpha value is -0.530. The number of benzene rings is 1. The molecule has 90 valence electrons. The molecule has 0 atom stereocenters. The highest BCUT2D eigenvalue weighted by atomic mass is 35.5. The molecule has 0 bridgehead atoms. The molecule has 0 aromatic heterocycles. The van der Waals surface area contributed by atoms with Crippen molar-refractivity contribution < 1.29 is 0 Å². The number of hydrogen-bond acceptors (Lipinski definition) is 1. The van der Waals surface area contributed by atoms with Crippen molar-refractivity contribution in [3.05, 3.63) is 34.9 Å². The molecule has 0 amide bonds. The molecule has 1 nitrogen and oxygen atoms in total. The van der Waals surface area contributed by atoms with Crippen LogP contribution < -0.4 is 0 Å². The standard InChI is InChI=1S/C14H22ClN/c1-5-16(4)11-10-14(2,3)12-6-8-13(15)9-7-12/h6-9H,5,10-11H2,1-4H3. The summed E-state index contributed by atoms with van der Waals surface area (Å²) in [7, 11) is 2.16. The van der Waals surface area contributed by atoms with Gasteiger partial charge in [-0.25, -0.2) is 0 Å². The van der Waals surface area contributed by atoms with Crippen LogP contribution in [0.5, 0.6) is 0 Å². The minimum atomic E-state index is 0.216. The van der Waals surface area contributed by atoms with Gasteiger partial charge in [-0.1, -0.05) is 44.5 Å². The highest BCUT2D eigenvalue weighted by Crippen LogP contribution is 2.28. The van der Waals surface area contributed by atoms with E-state index in [1.807, 2.05) is 12.1 Å². The Morgan fingerprint density at radius 2 is 1.75 bits per heavy atom. The van der Waals surface area contributed by atoms with E-state index in [0.29, 0.717) is 0 Å². The van der Waals surface area contributed by atoms with Crippen LogP contribution in [0.3, 0.4) is 0 Å². The maximum atomic E-state index is 5.90. The largest absolute Gasteiger partial charge is 0.307 e. The van der Waals surface area contributed by atoms with Gasteiger partial charge in [-0.2, -0.15) is 0 Å². The molecule has 0 radical (unpaired) electrons. The van der Waals surface area contributed by atoms with E-state index in [-0.39, 0.29) is 5.41 Å². The normalized spacial score (nSPS) is 12.1. The van der Waals surface area contributed by atoms with E-state index in [1.54, 1.807) is 0 Å². The van der Waals surface area contributed by atoms with E-state index in [2.05, 4.69) is 44.9 Å². The van der Waals surface area contributed by atoms with E-state index < -0.39 is 0 Å². The zero-order chi connectivity index (χ0) is 12.2. The highest BCUT2D eigenvalue weighted by Gasteiger charge is 2.20. The SMILES string of the molecule is CCN(C)CCC(C)(C)c1ccc(Cl)cc1. The maximum Gasteiger partial charge on any atom is 0.0406 e. The van der Waals surface area contributed by atoms with Crippen LogP contribution in [-0.4, -0.2) is 25.0 Å². The number of hydrogen-bond donors (Lipinski definition) is 0. The van der Waals surface area contributed by atoms with Crippen LogP contribution in [0.1, 0.15) is 32.8 Å². The zero-order valence-electron chi connectivity index (χ0n) is 10.8. The maximum absolute atomic E-state index is 5.90. The van der Waals surface area contributed by atoms with Gasteiger partial charge in [-0.15, -0.1) is 0 Å². The van der Waals surface area contributed by atoms with Crippen molar-refractivity contribution in [1.29, 1.82) is 0 Å². The quantitative estimate of drug-likeness (QED) is 0.752. The first kappa shape index (κ1) is 13.5. The molecule has 0 heterocycles. The first-order valence-corrected chi connectivity index (χ1v) is 6.28. The third-order valence-corrected chi connectivity index (χ3v) is 3.54. The Kier molecular flexibility index (Phi) is 4.82. The molecular formula is C14H22ClN. The van der Waals surface area contributed by atoms with Crippen molar-refractivity contribution in [1.82, 2.24) is 4.90 Å². The third-order valence-electron chi connectivity index (χ3n) is 3.28. The molecule has 0 N–H and O–H groups in total. The third kappa shape index (κ3) is 3.80. The molecule has 0 unspecified atom stereocenters. The Morgan fingerprint density at radius 1 is 1.19 bits per heavy atom. The fourth-order valence-electron chi connectivity index (χ4n) is 1.67. The van der Waals surface area contributed by atoms with Gasteiger partial charge in [0.25, 0.3) is 0 Å². The van der Waals surface area contributed by atoms with Crippen LogP contribution in [-0.2, 0) is 5.41 Å². The summed E-state index contributed by atoms with van der Waals surface area (Å²) in [5.74, 6) is 0. The zero-order valence-corrected chi connectivity index (χ0v) is 11.5. The Labute approximate surface area is 104 Å². The predicted molar refractivity (Wildman–Crippen MR) is 72.3 cm³/mol. The topological polar surface area (TPSA) is 3.24 Å². The highest BCUT2D eigenvalue weighted by molar-refractivity contribution is 6.30. The molecule has 1 aromatic rings. The van der Waals surface area contributed by atoms with E-state index in [4.69, 9.17) is 11.6 Å². The second-order valence-electron chi connectivity index (χ2n) is 5.04. The van der Waals surface area contributed by atoms with Gasteiger partial charge in [0.1, 0.15) is 0 Å². The van der Waals surface area contributed by atoms with Crippen LogP contribution in [0.4, 0.5) is 0 Å². The Balaban J connectivity index is 2.66. The molecule has 0 spiro atoms. The van der Waals surface area contributed by atoms with E-state index in [1.165, 1.54) is 12.0 Å². The van der Waals surface area contributed by atoms with E-state index in [0.717, 1.165) is 18.1 Å². The van der Waals surface area contributed by atoms with Crippen molar-refractivity contribution in [3.8, 4) is 0 Å². The van der Waals surface area contributed by atoms with E-state index >= 15 is 0 Å². The molecule has 1 rings (SSSR count). The first-order chi connectivity index (χ1) is 7.45. The van der Waals surface area contributed by atoms with Crippen molar-refractivity contribution in [2.24, 2.45) is 0 Å². The van der Waals surface area contributed by atoms with Gasteiger partial charge in [0, 0.05) is 5.02 Å². The Bertz CT molecular complexity index is 316. The van der Waals surface area contributed by atoms with Crippen molar-refractivity contribution in [2.75, 3.05) is 20.1 Å². The number of nitrogens with zero attached hydrogens (tertiary/aromatic N) is 1. The summed E-state index contributed by atoms with van der Waals surface area (Å²) in [5.41, 5.74) is 1.58. The van der Waals surface area contributed by atoms with Crippen LogP contribution in [0.25, 0.3) is 0 Å². The minimum Gasteiger partial charge on any atom is -0.307 e. The molecule has 16 heavy (non-hydrogen) atoms. The molecule has 1 aromatic carbocycles.